The summed E-state index contributed by atoms with van der Waals surface area (Å²) in [4.78, 5) is 21.2. The van der Waals surface area contributed by atoms with Crippen molar-refractivity contribution < 1.29 is 57.5 Å². The topological polar surface area (TPSA) is 80.3 Å². The summed E-state index contributed by atoms with van der Waals surface area (Å²) in [6, 6.07) is 0. The number of rotatable bonds is 6. The molecule has 0 aromatic carbocycles. The number of carboxylic acids is 2. The fourth-order valence-electron chi connectivity index (χ4n) is 1.26. The van der Waals surface area contributed by atoms with Gasteiger partial charge in [-0.15, -0.1) is 0 Å². The van der Waals surface area contributed by atoms with E-state index in [0.717, 1.165) is 0 Å². The average Bonchev–Trinajstić information content (AvgIpc) is 2.02. The Hall–Kier alpha value is 0.135. The second-order valence-electron chi connectivity index (χ2n) is 5.02. The van der Waals surface area contributed by atoms with Gasteiger partial charge in [-0.2, -0.15) is 0 Å². The Morgan fingerprint density at radius 2 is 1.41 bits per heavy atom. The Kier molecular flexibility index (Phi) is 10.9. The molecule has 0 bridgehead atoms. The Bertz CT molecular complexity index is 262. The van der Waals surface area contributed by atoms with Crippen molar-refractivity contribution in [1.82, 2.24) is 0 Å². The number of carbonyl (C=O) groups is 2. The molecule has 4 nitrogen and oxygen atoms in total. The van der Waals surface area contributed by atoms with Crippen LogP contribution >= 0.6 is 0 Å². The van der Waals surface area contributed by atoms with Gasteiger partial charge in [-0.3, -0.25) is 0 Å². The van der Waals surface area contributed by atoms with E-state index in [0.29, 0.717) is 12.8 Å². The van der Waals surface area contributed by atoms with Crippen LogP contribution in [0.2, 0.25) is 0 Å². The molecule has 6 heteroatoms. The maximum absolute atomic E-state index is 10.9. The summed E-state index contributed by atoms with van der Waals surface area (Å²) in [5.74, 6) is -2.21. The van der Waals surface area contributed by atoms with E-state index >= 15 is 0 Å². The van der Waals surface area contributed by atoms with Crippen molar-refractivity contribution in [2.45, 2.75) is 47.0 Å². The van der Waals surface area contributed by atoms with Gasteiger partial charge in [-0.05, 0) is 24.7 Å². The van der Waals surface area contributed by atoms with Crippen LogP contribution in [0.15, 0.2) is 0 Å². The first-order valence-electron chi connectivity index (χ1n) is 5.02. The van der Waals surface area contributed by atoms with Crippen molar-refractivity contribution in [2.24, 2.45) is 10.8 Å². The third-order valence-electron chi connectivity index (χ3n) is 3.38. The minimum Gasteiger partial charge on any atom is -0.550 e. The van der Waals surface area contributed by atoms with Crippen LogP contribution in [-0.2, 0) is 9.59 Å². The Balaban J connectivity index is -0.000000980. The molecule has 0 radical (unpaired) electrons. The van der Waals surface area contributed by atoms with Crippen molar-refractivity contribution >= 4 is 11.9 Å². The predicted octanol–water partition coefficient (Wildman–Crippen LogP) is -6.28. The van der Waals surface area contributed by atoms with Crippen molar-refractivity contribution in [3.05, 3.63) is 0 Å². The molecule has 0 rings (SSSR count). The molecule has 88 valence electrons. The zero-order valence-corrected chi connectivity index (χ0v) is 11.8. The van der Waals surface area contributed by atoms with Gasteiger partial charge in [0.15, 0.2) is 0 Å². The summed E-state index contributed by atoms with van der Waals surface area (Å²) in [7, 11) is 0. The van der Waals surface area contributed by atoms with E-state index < -0.39 is 22.8 Å². The molecular weight excluding hydrogens is 210 g/mol. The first kappa shape index (κ1) is 22.3. The Labute approximate surface area is 127 Å². The maximum Gasteiger partial charge on any atom is 1.00 e. The van der Waals surface area contributed by atoms with Crippen LogP contribution in [0.4, 0.5) is 0 Å². The monoisotopic (exact) mass is 228 g/mol. The minimum atomic E-state index is -1.11. The van der Waals surface area contributed by atoms with Gasteiger partial charge in [0.25, 0.3) is 0 Å². The zero-order valence-electron chi connectivity index (χ0n) is 11.8. The van der Waals surface area contributed by atoms with E-state index in [1.807, 2.05) is 0 Å². The molecule has 0 fully saturated rings. The van der Waals surface area contributed by atoms with Crippen LogP contribution in [0, 0.1) is 10.8 Å². The quantitative estimate of drug-likeness (QED) is 0.423. The smallest absolute Gasteiger partial charge is 0.550 e. The third-order valence-corrected chi connectivity index (χ3v) is 3.38. The van der Waals surface area contributed by atoms with E-state index in [-0.39, 0.29) is 44.1 Å². The molecule has 0 saturated heterocycles. The molecule has 0 heterocycles. The van der Waals surface area contributed by atoms with Gasteiger partial charge in [0.2, 0.25) is 0 Å². The summed E-state index contributed by atoms with van der Waals surface area (Å²) in [5.41, 5.74) is -1.47. The SMILES string of the molecule is CC(C)(CCCC(=O)[O-])C(C)(C)C(=O)[O-].[Li+].[Li+]. The summed E-state index contributed by atoms with van der Waals surface area (Å²) in [6.45, 7) is 6.80. The molecule has 0 aliphatic carbocycles. The molecule has 0 atom stereocenters. The Morgan fingerprint density at radius 3 is 1.71 bits per heavy atom. The van der Waals surface area contributed by atoms with E-state index in [4.69, 9.17) is 0 Å². The molecule has 0 unspecified atom stereocenters. The summed E-state index contributed by atoms with van der Waals surface area (Å²) in [5, 5.41) is 21.2. The van der Waals surface area contributed by atoms with Crippen LogP contribution in [-0.4, -0.2) is 11.9 Å². The molecule has 17 heavy (non-hydrogen) atoms. The second kappa shape index (κ2) is 8.27. The first-order chi connectivity index (χ1) is 6.61. The fourth-order valence-corrected chi connectivity index (χ4v) is 1.26. The van der Waals surface area contributed by atoms with Gasteiger partial charge < -0.3 is 19.8 Å². The summed E-state index contributed by atoms with van der Waals surface area (Å²) >= 11 is 0. The van der Waals surface area contributed by atoms with Gasteiger partial charge in [0.05, 0.1) is 0 Å². The molecule has 0 aliphatic rings. The van der Waals surface area contributed by atoms with Crippen LogP contribution in [0.3, 0.4) is 0 Å². The second-order valence-corrected chi connectivity index (χ2v) is 5.02. The molecule has 0 saturated carbocycles. The van der Waals surface area contributed by atoms with E-state index in [9.17, 15) is 19.8 Å². The van der Waals surface area contributed by atoms with E-state index in [2.05, 4.69) is 0 Å². The predicted molar refractivity (Wildman–Crippen MR) is 51.4 cm³/mol. The van der Waals surface area contributed by atoms with Crippen LogP contribution < -0.4 is 47.9 Å². The van der Waals surface area contributed by atoms with Gasteiger partial charge in [0.1, 0.15) is 0 Å². The number of carboxylic acid groups (broad SMARTS) is 2. The van der Waals surface area contributed by atoms with Gasteiger partial charge in [-0.25, -0.2) is 0 Å². The zero-order chi connectivity index (χ0) is 12.3. The third kappa shape index (κ3) is 6.58. The summed E-state index contributed by atoms with van der Waals surface area (Å²) in [6.07, 6.45) is 0.903. The van der Waals surface area contributed by atoms with Gasteiger partial charge in [0, 0.05) is 17.4 Å². The van der Waals surface area contributed by atoms with E-state index in [1.165, 1.54) is 0 Å². The standard InChI is InChI=1S/C11H20O4.2Li/c1-10(2,7-5-6-8(12)13)11(3,4)9(14)15;;/h5-7H2,1-4H3,(H,12,13)(H,14,15);;/q;2*+1/p-2. The molecule has 0 amide bonds. The fraction of sp³-hybridized carbons (Fsp3) is 0.818. The first-order valence-corrected chi connectivity index (χ1v) is 5.02. The van der Waals surface area contributed by atoms with E-state index in [1.54, 1.807) is 27.7 Å². The number of hydrogen-bond acceptors (Lipinski definition) is 4. The summed E-state index contributed by atoms with van der Waals surface area (Å²) < 4.78 is 0. The normalized spacial score (nSPS) is 11.1. The minimum absolute atomic E-state index is 0. The molecule has 0 N–H and O–H groups in total. The van der Waals surface area contributed by atoms with Crippen LogP contribution in [0.1, 0.15) is 47.0 Å². The van der Waals surface area contributed by atoms with Crippen molar-refractivity contribution in [3.63, 3.8) is 0 Å². The van der Waals surface area contributed by atoms with Crippen molar-refractivity contribution in [1.29, 1.82) is 0 Å². The molecule has 0 aromatic rings. The average molecular weight is 228 g/mol. The number of carbonyl (C=O) groups excluding carboxylic acids is 2. The van der Waals surface area contributed by atoms with Crippen LogP contribution in [0.5, 0.6) is 0 Å². The molecule has 0 aromatic heterocycles. The number of aliphatic carboxylic acids is 2. The Morgan fingerprint density at radius 1 is 1.00 bits per heavy atom. The van der Waals surface area contributed by atoms with Gasteiger partial charge in [-0.1, -0.05) is 27.7 Å². The van der Waals surface area contributed by atoms with Crippen molar-refractivity contribution in [2.75, 3.05) is 0 Å². The number of hydrogen-bond donors (Lipinski definition) is 0. The molecule has 0 aliphatic heterocycles. The molecule has 0 spiro atoms. The van der Waals surface area contributed by atoms with Crippen molar-refractivity contribution in [3.8, 4) is 0 Å². The van der Waals surface area contributed by atoms with Crippen LogP contribution in [0.25, 0.3) is 0 Å². The molecular formula is C11H18Li2O4. The van der Waals surface area contributed by atoms with Gasteiger partial charge >= 0.3 is 37.7 Å². The maximum atomic E-state index is 10.9. The largest absolute Gasteiger partial charge is 1.00 e.